The molecule has 3 rings (SSSR count). The van der Waals surface area contributed by atoms with Crippen LogP contribution < -0.4 is 5.73 Å². The minimum absolute atomic E-state index is 0.0621. The molecule has 5 nitrogen and oxygen atoms in total. The Morgan fingerprint density at radius 1 is 1.40 bits per heavy atom. The molecule has 0 amide bonds. The van der Waals surface area contributed by atoms with E-state index in [1.54, 1.807) is 12.4 Å². The summed E-state index contributed by atoms with van der Waals surface area (Å²) in [5.74, 6) is -0.0621. The van der Waals surface area contributed by atoms with E-state index < -0.39 is 0 Å². The van der Waals surface area contributed by atoms with Crippen LogP contribution in [-0.4, -0.2) is 20.2 Å². The largest absolute Gasteiger partial charge is 0.382 e. The fourth-order valence-corrected chi connectivity index (χ4v) is 2.30. The van der Waals surface area contributed by atoms with Gasteiger partial charge >= 0.3 is 0 Å². The number of hydrogen-bond acceptors (Lipinski definition) is 3. The normalized spacial score (nSPS) is 10.8. The van der Waals surface area contributed by atoms with E-state index in [9.17, 15) is 0 Å². The molecule has 0 aliphatic rings. The smallest absolute Gasteiger partial charge is 0.158 e. The monoisotopic (exact) mass is 285 g/mol. The lowest BCUT2D eigenvalue weighted by atomic mass is 10.1. The number of nitrogens with two attached hydrogens (primary N) is 1. The number of hydrogen-bond donors (Lipinski definition) is 2. The highest BCUT2D eigenvalue weighted by atomic mass is 35.5. The number of nitrogens with zero attached hydrogens (tertiary/aromatic N) is 3. The lowest BCUT2D eigenvalue weighted by Gasteiger charge is -2.07. The predicted octanol–water partition coefficient (Wildman–Crippen LogP) is 2.26. The van der Waals surface area contributed by atoms with Gasteiger partial charge < -0.3 is 10.1 Å². The number of rotatable bonds is 3. The van der Waals surface area contributed by atoms with Crippen LogP contribution in [-0.2, 0) is 6.42 Å². The van der Waals surface area contributed by atoms with Gasteiger partial charge in [0.1, 0.15) is 11.5 Å². The molecule has 0 spiro atoms. The summed E-state index contributed by atoms with van der Waals surface area (Å²) < 4.78 is 1.82. The minimum Gasteiger partial charge on any atom is -0.382 e. The second-order valence-corrected chi connectivity index (χ2v) is 4.89. The molecule has 100 valence electrons. The Labute approximate surface area is 120 Å². The Balaban J connectivity index is 2.09. The number of nitrogens with one attached hydrogen (secondary N) is 1. The third-order valence-electron chi connectivity index (χ3n) is 2.98. The Bertz CT molecular complexity index is 793. The van der Waals surface area contributed by atoms with Crippen LogP contribution in [0, 0.1) is 5.41 Å². The Morgan fingerprint density at radius 2 is 2.25 bits per heavy atom. The van der Waals surface area contributed by atoms with Crippen LogP contribution in [0.1, 0.15) is 17.0 Å². The molecule has 0 radical (unpaired) electrons. The van der Waals surface area contributed by atoms with E-state index in [2.05, 4.69) is 9.97 Å². The van der Waals surface area contributed by atoms with Crippen LogP contribution in [0.3, 0.4) is 0 Å². The molecule has 3 N–H and O–H groups in total. The summed E-state index contributed by atoms with van der Waals surface area (Å²) in [6.45, 7) is 0. The molecule has 0 aliphatic carbocycles. The summed E-state index contributed by atoms with van der Waals surface area (Å²) in [5, 5.41) is 8.22. The first-order valence-electron chi connectivity index (χ1n) is 6.05. The fraction of sp³-hybridized carbons (Fsp3) is 0.0714. The van der Waals surface area contributed by atoms with Crippen molar-refractivity contribution in [3.63, 3.8) is 0 Å². The molecule has 2 heterocycles. The maximum Gasteiger partial charge on any atom is 0.158 e. The SMILES string of the molecule is N=C(N)c1cn2ccnc2c(Cc2cccc(Cl)c2)n1. The minimum atomic E-state index is -0.0621. The fourth-order valence-electron chi connectivity index (χ4n) is 2.09. The average molecular weight is 286 g/mol. The highest BCUT2D eigenvalue weighted by Crippen LogP contribution is 2.16. The number of benzene rings is 1. The summed E-state index contributed by atoms with van der Waals surface area (Å²) in [6, 6.07) is 7.60. The van der Waals surface area contributed by atoms with E-state index in [4.69, 9.17) is 22.7 Å². The zero-order valence-corrected chi connectivity index (χ0v) is 11.3. The van der Waals surface area contributed by atoms with E-state index in [0.29, 0.717) is 17.1 Å². The molecule has 20 heavy (non-hydrogen) atoms. The van der Waals surface area contributed by atoms with Gasteiger partial charge in [-0.25, -0.2) is 9.97 Å². The van der Waals surface area contributed by atoms with Gasteiger partial charge in [0.05, 0.1) is 5.69 Å². The van der Waals surface area contributed by atoms with Crippen molar-refractivity contribution in [1.29, 1.82) is 5.41 Å². The average Bonchev–Trinajstić information content (AvgIpc) is 2.87. The van der Waals surface area contributed by atoms with Crippen LogP contribution >= 0.6 is 11.6 Å². The first kappa shape index (κ1) is 12.6. The Hall–Kier alpha value is -2.40. The van der Waals surface area contributed by atoms with Gasteiger partial charge in [0, 0.05) is 30.0 Å². The van der Waals surface area contributed by atoms with E-state index in [-0.39, 0.29) is 5.84 Å². The summed E-state index contributed by atoms with van der Waals surface area (Å²) in [7, 11) is 0. The topological polar surface area (TPSA) is 80.1 Å². The molecule has 0 saturated carbocycles. The lowest BCUT2D eigenvalue weighted by molar-refractivity contribution is 1.00. The number of imidazole rings is 1. The predicted molar refractivity (Wildman–Crippen MR) is 78.3 cm³/mol. The third-order valence-corrected chi connectivity index (χ3v) is 3.22. The summed E-state index contributed by atoms with van der Waals surface area (Å²) in [4.78, 5) is 8.72. The lowest BCUT2D eigenvalue weighted by Crippen LogP contribution is -2.15. The van der Waals surface area contributed by atoms with E-state index in [1.165, 1.54) is 0 Å². The van der Waals surface area contributed by atoms with Gasteiger partial charge in [-0.2, -0.15) is 0 Å². The van der Waals surface area contributed by atoms with E-state index >= 15 is 0 Å². The van der Waals surface area contributed by atoms with Crippen molar-refractivity contribution in [2.75, 3.05) is 0 Å². The van der Waals surface area contributed by atoms with Gasteiger partial charge in [0.25, 0.3) is 0 Å². The van der Waals surface area contributed by atoms with Crippen molar-refractivity contribution in [1.82, 2.24) is 14.4 Å². The quantitative estimate of drug-likeness (QED) is 0.572. The molecule has 0 fully saturated rings. The van der Waals surface area contributed by atoms with Gasteiger partial charge in [0.2, 0.25) is 0 Å². The van der Waals surface area contributed by atoms with E-state index in [0.717, 1.165) is 16.9 Å². The molecule has 0 atom stereocenters. The number of aromatic nitrogens is 3. The number of amidine groups is 1. The number of fused-ring (bicyclic) bond motifs is 1. The molecule has 6 heteroatoms. The maximum absolute atomic E-state index is 7.53. The van der Waals surface area contributed by atoms with Crippen molar-refractivity contribution >= 4 is 23.1 Å². The Morgan fingerprint density at radius 3 is 3.00 bits per heavy atom. The summed E-state index contributed by atoms with van der Waals surface area (Å²) >= 11 is 5.99. The van der Waals surface area contributed by atoms with Crippen LogP contribution in [0.2, 0.25) is 5.02 Å². The van der Waals surface area contributed by atoms with Gasteiger partial charge in [-0.05, 0) is 17.7 Å². The molecule has 3 aromatic rings. The second kappa shape index (κ2) is 4.94. The number of nitrogen functional groups attached to an aromatic ring is 1. The number of halogens is 1. The zero-order chi connectivity index (χ0) is 14.1. The molecule has 0 unspecified atom stereocenters. The van der Waals surface area contributed by atoms with Crippen molar-refractivity contribution in [3.8, 4) is 0 Å². The molecule has 1 aromatic carbocycles. The zero-order valence-electron chi connectivity index (χ0n) is 10.5. The molecule has 0 aliphatic heterocycles. The van der Waals surface area contributed by atoms with Gasteiger partial charge in [-0.3, -0.25) is 5.41 Å². The first-order chi connectivity index (χ1) is 9.63. The van der Waals surface area contributed by atoms with Crippen LogP contribution in [0.25, 0.3) is 5.65 Å². The molecule has 2 aromatic heterocycles. The van der Waals surface area contributed by atoms with Crippen molar-refractivity contribution in [3.05, 3.63) is 64.8 Å². The molecule has 0 bridgehead atoms. The summed E-state index contributed by atoms with van der Waals surface area (Å²) in [5.41, 5.74) is 8.53. The van der Waals surface area contributed by atoms with Crippen molar-refractivity contribution in [2.45, 2.75) is 6.42 Å². The maximum atomic E-state index is 7.53. The van der Waals surface area contributed by atoms with Crippen LogP contribution in [0.5, 0.6) is 0 Å². The van der Waals surface area contributed by atoms with E-state index in [1.807, 2.05) is 34.9 Å². The second-order valence-electron chi connectivity index (χ2n) is 4.45. The van der Waals surface area contributed by atoms with Crippen molar-refractivity contribution in [2.24, 2.45) is 5.73 Å². The molecular formula is C14H12ClN5. The standard InChI is InChI=1S/C14H12ClN5/c15-10-3-1-2-9(6-10)7-11-14-18-4-5-20(14)8-12(19-11)13(16)17/h1-6,8H,7H2,(H3,16,17). The van der Waals surface area contributed by atoms with Crippen LogP contribution in [0.4, 0.5) is 0 Å². The van der Waals surface area contributed by atoms with Gasteiger partial charge in [0.15, 0.2) is 5.65 Å². The Kier molecular flexibility index (Phi) is 3.12. The van der Waals surface area contributed by atoms with Gasteiger partial charge in [-0.15, -0.1) is 0 Å². The third kappa shape index (κ3) is 2.35. The van der Waals surface area contributed by atoms with Crippen molar-refractivity contribution < 1.29 is 0 Å². The summed E-state index contributed by atoms with van der Waals surface area (Å²) in [6.07, 6.45) is 5.79. The highest BCUT2D eigenvalue weighted by Gasteiger charge is 2.10. The molecular weight excluding hydrogens is 274 g/mol. The highest BCUT2D eigenvalue weighted by molar-refractivity contribution is 6.30. The van der Waals surface area contributed by atoms with Crippen LogP contribution in [0.15, 0.2) is 42.9 Å². The van der Waals surface area contributed by atoms with Gasteiger partial charge in [-0.1, -0.05) is 23.7 Å². The first-order valence-corrected chi connectivity index (χ1v) is 6.43. The molecule has 0 saturated heterocycles.